The molecule has 0 heterocycles. The van der Waals surface area contributed by atoms with Crippen molar-refractivity contribution in [2.75, 3.05) is 30.7 Å². The first-order valence-electron chi connectivity index (χ1n) is 9.66. The van der Waals surface area contributed by atoms with E-state index in [9.17, 15) is 17.6 Å². The van der Waals surface area contributed by atoms with Crippen LogP contribution in [-0.2, 0) is 16.4 Å². The molecule has 3 aromatic rings. The Morgan fingerprint density at radius 2 is 1.45 bits per heavy atom. The van der Waals surface area contributed by atoms with Gasteiger partial charge >= 0.3 is 0 Å². The second-order valence-corrected chi connectivity index (χ2v) is 9.02. The molecule has 8 heteroatoms. The Bertz CT molecular complexity index is 1130. The van der Waals surface area contributed by atoms with Gasteiger partial charge < -0.3 is 10.2 Å². The zero-order valence-electron chi connectivity index (χ0n) is 17.3. The van der Waals surface area contributed by atoms with Crippen LogP contribution in [0, 0.1) is 5.82 Å². The minimum absolute atomic E-state index is 0.0512. The number of hydrogen-bond acceptors (Lipinski definition) is 4. The van der Waals surface area contributed by atoms with Gasteiger partial charge in [-0.05, 0) is 86.7 Å². The summed E-state index contributed by atoms with van der Waals surface area (Å²) in [5.41, 5.74) is 2.55. The van der Waals surface area contributed by atoms with Crippen molar-refractivity contribution in [3.8, 4) is 0 Å². The highest BCUT2D eigenvalue weighted by atomic mass is 32.2. The number of amides is 1. The number of rotatable bonds is 8. The van der Waals surface area contributed by atoms with Gasteiger partial charge in [0.05, 0.1) is 4.90 Å². The summed E-state index contributed by atoms with van der Waals surface area (Å²) >= 11 is 0. The Kier molecular flexibility index (Phi) is 7.04. The summed E-state index contributed by atoms with van der Waals surface area (Å²) in [6.07, 6.45) is 0.927. The smallest absolute Gasteiger partial charge is 0.261 e. The molecule has 0 aliphatic heterocycles. The number of benzene rings is 3. The first-order valence-corrected chi connectivity index (χ1v) is 11.1. The summed E-state index contributed by atoms with van der Waals surface area (Å²) < 4.78 is 40.2. The summed E-state index contributed by atoms with van der Waals surface area (Å²) in [6, 6.07) is 18.3. The summed E-state index contributed by atoms with van der Waals surface area (Å²) in [4.78, 5) is 14.5. The molecule has 0 saturated heterocycles. The number of carbonyl (C=O) groups excluding carboxylic acids is 1. The fraction of sp³-hybridized carbons (Fsp3) is 0.174. The van der Waals surface area contributed by atoms with Crippen molar-refractivity contribution in [1.29, 1.82) is 0 Å². The van der Waals surface area contributed by atoms with Crippen LogP contribution in [0.5, 0.6) is 0 Å². The highest BCUT2D eigenvalue weighted by Gasteiger charge is 2.14. The van der Waals surface area contributed by atoms with Crippen LogP contribution in [0.1, 0.15) is 15.9 Å². The molecule has 0 aliphatic rings. The van der Waals surface area contributed by atoms with Crippen LogP contribution in [0.2, 0.25) is 0 Å². The second-order valence-electron chi connectivity index (χ2n) is 7.34. The Hall–Kier alpha value is -3.23. The quantitative estimate of drug-likeness (QED) is 0.554. The molecule has 3 aromatic carbocycles. The third-order valence-electron chi connectivity index (χ3n) is 4.58. The van der Waals surface area contributed by atoms with Crippen LogP contribution in [0.4, 0.5) is 15.8 Å². The molecule has 3 rings (SSSR count). The van der Waals surface area contributed by atoms with Gasteiger partial charge in [0.25, 0.3) is 15.9 Å². The topological polar surface area (TPSA) is 78.5 Å². The summed E-state index contributed by atoms with van der Waals surface area (Å²) in [5, 5.41) is 2.83. The number of hydrogen-bond donors (Lipinski definition) is 2. The maximum atomic E-state index is 13.0. The molecule has 31 heavy (non-hydrogen) atoms. The maximum absolute atomic E-state index is 13.0. The molecule has 0 aliphatic carbocycles. The second kappa shape index (κ2) is 9.72. The van der Waals surface area contributed by atoms with E-state index in [0.29, 0.717) is 16.9 Å². The highest BCUT2D eigenvalue weighted by Crippen LogP contribution is 2.18. The lowest BCUT2D eigenvalue weighted by Gasteiger charge is -2.11. The first kappa shape index (κ1) is 22.5. The van der Waals surface area contributed by atoms with Gasteiger partial charge in [-0.3, -0.25) is 9.52 Å². The van der Waals surface area contributed by atoms with Gasteiger partial charge in [0.1, 0.15) is 5.82 Å². The minimum Gasteiger partial charge on any atom is -0.322 e. The van der Waals surface area contributed by atoms with Gasteiger partial charge in [-0.2, -0.15) is 0 Å². The van der Waals surface area contributed by atoms with E-state index in [1.165, 1.54) is 42.0 Å². The Morgan fingerprint density at radius 3 is 2.03 bits per heavy atom. The van der Waals surface area contributed by atoms with Crippen LogP contribution in [0.25, 0.3) is 0 Å². The van der Waals surface area contributed by atoms with Gasteiger partial charge in [0.2, 0.25) is 0 Å². The molecular formula is C23H24FN3O3S. The largest absolute Gasteiger partial charge is 0.322 e. The molecule has 6 nitrogen and oxygen atoms in total. The van der Waals surface area contributed by atoms with Crippen LogP contribution < -0.4 is 10.0 Å². The number of sulfonamides is 1. The summed E-state index contributed by atoms with van der Waals surface area (Å²) in [6.45, 7) is 0.947. The summed E-state index contributed by atoms with van der Waals surface area (Å²) in [7, 11) is 0.197. The number of likely N-dealkylation sites (N-methyl/N-ethyl adjacent to an activating group) is 1. The van der Waals surface area contributed by atoms with E-state index in [1.807, 2.05) is 38.4 Å². The van der Waals surface area contributed by atoms with Crippen molar-refractivity contribution in [2.45, 2.75) is 11.3 Å². The molecule has 0 bridgehead atoms. The molecule has 0 fully saturated rings. The molecule has 2 N–H and O–H groups in total. The molecule has 1 amide bonds. The van der Waals surface area contributed by atoms with E-state index < -0.39 is 15.8 Å². The maximum Gasteiger partial charge on any atom is 0.261 e. The van der Waals surface area contributed by atoms with Crippen molar-refractivity contribution in [2.24, 2.45) is 0 Å². The lowest BCUT2D eigenvalue weighted by molar-refractivity contribution is 0.102. The van der Waals surface area contributed by atoms with Gasteiger partial charge in [-0.15, -0.1) is 0 Å². The normalized spacial score (nSPS) is 11.4. The molecule has 0 radical (unpaired) electrons. The van der Waals surface area contributed by atoms with Gasteiger partial charge in [-0.1, -0.05) is 12.1 Å². The minimum atomic E-state index is -3.85. The highest BCUT2D eigenvalue weighted by molar-refractivity contribution is 7.92. The lowest BCUT2D eigenvalue weighted by atomic mass is 10.1. The van der Waals surface area contributed by atoms with E-state index in [2.05, 4.69) is 14.9 Å². The summed E-state index contributed by atoms with van der Waals surface area (Å²) in [5.74, 6) is -0.813. The Balaban J connectivity index is 1.61. The molecule has 162 valence electrons. The standard InChI is InChI=1S/C23H24FN3O3S/c1-27(2)16-15-17-3-9-20(10-4-17)25-23(28)18-5-11-21(12-6-18)26-31(29,30)22-13-7-19(24)8-14-22/h3-14,26H,15-16H2,1-2H3,(H,25,28). The first-order chi connectivity index (χ1) is 14.7. The van der Waals surface area contributed by atoms with Crippen LogP contribution in [-0.4, -0.2) is 39.9 Å². The number of carbonyl (C=O) groups is 1. The predicted molar refractivity (Wildman–Crippen MR) is 120 cm³/mol. The number of nitrogens with one attached hydrogen (secondary N) is 2. The Labute approximate surface area is 181 Å². The average molecular weight is 442 g/mol. The SMILES string of the molecule is CN(C)CCc1ccc(NC(=O)c2ccc(NS(=O)(=O)c3ccc(F)cc3)cc2)cc1. The molecule has 0 saturated carbocycles. The van der Waals surface area contributed by atoms with Crippen molar-refractivity contribution >= 4 is 27.3 Å². The zero-order chi connectivity index (χ0) is 22.4. The van der Waals surface area contributed by atoms with E-state index >= 15 is 0 Å². The van der Waals surface area contributed by atoms with Crippen molar-refractivity contribution in [3.63, 3.8) is 0 Å². The molecule has 0 aromatic heterocycles. The zero-order valence-corrected chi connectivity index (χ0v) is 18.1. The predicted octanol–water partition coefficient (Wildman–Crippen LogP) is 3.98. The van der Waals surface area contributed by atoms with Crippen molar-refractivity contribution in [1.82, 2.24) is 4.90 Å². The number of halogens is 1. The molecular weight excluding hydrogens is 417 g/mol. The van der Waals surface area contributed by atoms with E-state index in [4.69, 9.17) is 0 Å². The van der Waals surface area contributed by atoms with E-state index in [0.717, 1.165) is 25.1 Å². The third-order valence-corrected chi connectivity index (χ3v) is 5.98. The fourth-order valence-corrected chi connectivity index (χ4v) is 3.89. The fourth-order valence-electron chi connectivity index (χ4n) is 2.83. The lowest BCUT2D eigenvalue weighted by Crippen LogP contribution is -2.15. The van der Waals surface area contributed by atoms with Gasteiger partial charge in [0, 0.05) is 23.5 Å². The molecule has 0 spiro atoms. The van der Waals surface area contributed by atoms with Crippen LogP contribution >= 0.6 is 0 Å². The van der Waals surface area contributed by atoms with Crippen molar-refractivity contribution in [3.05, 3.63) is 89.7 Å². The van der Waals surface area contributed by atoms with E-state index in [-0.39, 0.29) is 10.8 Å². The van der Waals surface area contributed by atoms with Gasteiger partial charge in [0.15, 0.2) is 0 Å². The van der Waals surface area contributed by atoms with Crippen LogP contribution in [0.3, 0.4) is 0 Å². The number of anilines is 2. The molecule has 0 atom stereocenters. The van der Waals surface area contributed by atoms with Crippen LogP contribution in [0.15, 0.2) is 77.7 Å². The van der Waals surface area contributed by atoms with E-state index in [1.54, 1.807) is 0 Å². The average Bonchev–Trinajstić information content (AvgIpc) is 2.73. The number of nitrogens with zero attached hydrogens (tertiary/aromatic N) is 1. The third kappa shape index (κ3) is 6.37. The Morgan fingerprint density at radius 1 is 0.871 bits per heavy atom. The van der Waals surface area contributed by atoms with Crippen molar-refractivity contribution < 1.29 is 17.6 Å². The monoisotopic (exact) mass is 441 g/mol. The molecule has 0 unspecified atom stereocenters. The van der Waals surface area contributed by atoms with Gasteiger partial charge in [-0.25, -0.2) is 12.8 Å².